The van der Waals surface area contributed by atoms with Crippen molar-refractivity contribution in [2.45, 2.75) is 27.2 Å². The lowest BCUT2D eigenvalue weighted by Gasteiger charge is -2.24. The smallest absolute Gasteiger partial charge is 0.236 e. The van der Waals surface area contributed by atoms with E-state index in [4.69, 9.17) is 10.00 Å². The Labute approximate surface area is 97.2 Å². The molecule has 0 radical (unpaired) electrons. The second kappa shape index (κ2) is 5.31. The first-order valence-electron chi connectivity index (χ1n) is 5.73. The minimum absolute atomic E-state index is 0.0164. The van der Waals surface area contributed by atoms with Crippen LogP contribution in [0.5, 0.6) is 0 Å². The molecule has 1 rings (SSSR count). The molecule has 0 spiro atoms. The van der Waals surface area contributed by atoms with Gasteiger partial charge in [-0.2, -0.15) is 5.26 Å². The van der Waals surface area contributed by atoms with E-state index >= 15 is 0 Å². The highest BCUT2D eigenvalue weighted by molar-refractivity contribution is 5.78. The van der Waals surface area contributed by atoms with Crippen molar-refractivity contribution < 1.29 is 9.53 Å². The number of nitrogens with zero attached hydrogens (tertiary/aromatic N) is 2. The summed E-state index contributed by atoms with van der Waals surface area (Å²) in [7, 11) is 0. The van der Waals surface area contributed by atoms with E-state index in [0.29, 0.717) is 25.7 Å². The lowest BCUT2D eigenvalue weighted by atomic mass is 9.83. The summed E-state index contributed by atoms with van der Waals surface area (Å²) in [6.07, 6.45) is -0.0164. The quantitative estimate of drug-likeness (QED) is 0.725. The van der Waals surface area contributed by atoms with Crippen molar-refractivity contribution in [1.82, 2.24) is 4.90 Å². The van der Waals surface area contributed by atoms with Gasteiger partial charge in [-0.3, -0.25) is 4.79 Å². The van der Waals surface area contributed by atoms with Gasteiger partial charge in [0.1, 0.15) is 6.42 Å². The third kappa shape index (κ3) is 2.96. The largest absolute Gasteiger partial charge is 0.381 e. The molecule has 0 aromatic heterocycles. The Balaban J connectivity index is 2.57. The number of hydrogen-bond acceptors (Lipinski definition) is 3. The Bertz CT molecular complexity index is 294. The third-order valence-corrected chi connectivity index (χ3v) is 3.25. The highest BCUT2D eigenvalue weighted by Gasteiger charge is 2.40. The number of amides is 1. The predicted octanol–water partition coefficient (Wildman–Crippen LogP) is 1.42. The lowest BCUT2D eigenvalue weighted by Crippen LogP contribution is -2.29. The summed E-state index contributed by atoms with van der Waals surface area (Å²) in [4.78, 5) is 13.4. The van der Waals surface area contributed by atoms with Gasteiger partial charge in [0.25, 0.3) is 0 Å². The van der Waals surface area contributed by atoms with Crippen LogP contribution in [0.25, 0.3) is 0 Å². The first kappa shape index (κ1) is 13.0. The Hall–Kier alpha value is -1.08. The van der Waals surface area contributed by atoms with E-state index < -0.39 is 0 Å². The fourth-order valence-corrected chi connectivity index (χ4v) is 2.11. The molecule has 1 heterocycles. The number of hydrogen-bond donors (Lipinski definition) is 0. The molecule has 1 saturated heterocycles. The molecule has 1 amide bonds. The monoisotopic (exact) mass is 224 g/mol. The summed E-state index contributed by atoms with van der Waals surface area (Å²) in [5, 5.41) is 8.51. The van der Waals surface area contributed by atoms with Gasteiger partial charge in [-0.25, -0.2) is 0 Å². The third-order valence-electron chi connectivity index (χ3n) is 3.25. The van der Waals surface area contributed by atoms with Crippen LogP contribution in [-0.4, -0.2) is 37.1 Å². The van der Waals surface area contributed by atoms with Crippen LogP contribution in [0.3, 0.4) is 0 Å². The number of carbonyl (C=O) groups excluding carboxylic acids is 1. The van der Waals surface area contributed by atoms with Crippen molar-refractivity contribution in [3.05, 3.63) is 0 Å². The van der Waals surface area contributed by atoms with Crippen LogP contribution < -0.4 is 0 Å². The molecule has 4 heteroatoms. The Morgan fingerprint density at radius 3 is 2.88 bits per heavy atom. The number of rotatable bonds is 4. The summed E-state index contributed by atoms with van der Waals surface area (Å²) in [5.41, 5.74) is 0.0836. The van der Waals surface area contributed by atoms with E-state index in [1.807, 2.05) is 13.0 Å². The van der Waals surface area contributed by atoms with Crippen LogP contribution in [0.4, 0.5) is 0 Å². The summed E-state index contributed by atoms with van der Waals surface area (Å²) in [6.45, 7) is 9.12. The molecular weight excluding hydrogens is 204 g/mol. The molecule has 1 aliphatic heterocycles. The molecular formula is C12H20N2O2. The average Bonchev–Trinajstić information content (AvgIpc) is 2.51. The van der Waals surface area contributed by atoms with E-state index in [1.165, 1.54) is 0 Å². The zero-order chi connectivity index (χ0) is 12.2. The number of ether oxygens (including phenoxy) is 1. The van der Waals surface area contributed by atoms with Gasteiger partial charge in [0.2, 0.25) is 5.91 Å². The maximum absolute atomic E-state index is 11.6. The molecule has 1 fully saturated rings. The van der Waals surface area contributed by atoms with E-state index in [9.17, 15) is 4.79 Å². The first-order valence-corrected chi connectivity index (χ1v) is 5.73. The van der Waals surface area contributed by atoms with Gasteiger partial charge in [-0.15, -0.1) is 0 Å². The van der Waals surface area contributed by atoms with Gasteiger partial charge in [0, 0.05) is 25.6 Å². The molecule has 90 valence electrons. The van der Waals surface area contributed by atoms with Crippen molar-refractivity contribution >= 4 is 5.91 Å². The zero-order valence-corrected chi connectivity index (χ0v) is 10.3. The SMILES string of the molecule is CCOC[C@@H]1CN(C(=O)CC#N)CC1(C)C. The Kier molecular flexibility index (Phi) is 4.31. The Morgan fingerprint density at radius 1 is 1.62 bits per heavy atom. The fraction of sp³-hybridized carbons (Fsp3) is 0.833. The van der Waals surface area contributed by atoms with Gasteiger partial charge in [-0.1, -0.05) is 13.8 Å². The fourth-order valence-electron chi connectivity index (χ4n) is 2.11. The minimum Gasteiger partial charge on any atom is -0.381 e. The predicted molar refractivity (Wildman–Crippen MR) is 60.6 cm³/mol. The van der Waals surface area contributed by atoms with Crippen LogP contribution in [-0.2, 0) is 9.53 Å². The van der Waals surface area contributed by atoms with E-state index in [1.54, 1.807) is 4.90 Å². The average molecular weight is 224 g/mol. The highest BCUT2D eigenvalue weighted by atomic mass is 16.5. The van der Waals surface area contributed by atoms with Crippen LogP contribution in [0.1, 0.15) is 27.2 Å². The summed E-state index contributed by atoms with van der Waals surface area (Å²) in [6, 6.07) is 1.91. The topological polar surface area (TPSA) is 53.3 Å². The highest BCUT2D eigenvalue weighted by Crippen LogP contribution is 2.35. The second-order valence-corrected chi connectivity index (χ2v) is 4.95. The standard InChI is InChI=1S/C12H20N2O2/c1-4-16-8-10-7-14(9-12(10,2)3)11(15)5-6-13/h10H,4-5,7-9H2,1-3H3/t10-/m0/s1. The molecule has 4 nitrogen and oxygen atoms in total. The van der Waals surface area contributed by atoms with Gasteiger partial charge in [-0.05, 0) is 12.3 Å². The first-order chi connectivity index (χ1) is 7.51. The number of carbonyl (C=O) groups is 1. The zero-order valence-electron chi connectivity index (χ0n) is 10.3. The van der Waals surface area contributed by atoms with Crippen molar-refractivity contribution in [3.63, 3.8) is 0 Å². The van der Waals surface area contributed by atoms with Gasteiger partial charge in [0.05, 0.1) is 12.7 Å². The second-order valence-electron chi connectivity index (χ2n) is 4.95. The molecule has 0 bridgehead atoms. The normalized spacial score (nSPS) is 23.1. The van der Waals surface area contributed by atoms with Crippen molar-refractivity contribution in [3.8, 4) is 6.07 Å². The molecule has 0 aliphatic carbocycles. The molecule has 1 aliphatic rings. The number of likely N-dealkylation sites (tertiary alicyclic amines) is 1. The number of nitriles is 1. The molecule has 0 aromatic rings. The van der Waals surface area contributed by atoms with Crippen LogP contribution in [0, 0.1) is 22.7 Å². The molecule has 0 aromatic carbocycles. The maximum atomic E-state index is 11.6. The summed E-state index contributed by atoms with van der Waals surface area (Å²) in [5.74, 6) is 0.310. The molecule has 0 saturated carbocycles. The van der Waals surface area contributed by atoms with Gasteiger partial charge in [0.15, 0.2) is 0 Å². The van der Waals surface area contributed by atoms with E-state index in [-0.39, 0.29) is 17.7 Å². The van der Waals surface area contributed by atoms with Crippen LogP contribution in [0.15, 0.2) is 0 Å². The van der Waals surface area contributed by atoms with Crippen LogP contribution >= 0.6 is 0 Å². The van der Waals surface area contributed by atoms with Gasteiger partial charge >= 0.3 is 0 Å². The van der Waals surface area contributed by atoms with Gasteiger partial charge < -0.3 is 9.64 Å². The summed E-state index contributed by atoms with van der Waals surface area (Å²) >= 11 is 0. The minimum atomic E-state index is -0.0606. The van der Waals surface area contributed by atoms with E-state index in [2.05, 4.69) is 13.8 Å². The Morgan fingerprint density at radius 2 is 2.31 bits per heavy atom. The molecule has 0 N–H and O–H groups in total. The van der Waals surface area contributed by atoms with Crippen molar-refractivity contribution in [1.29, 1.82) is 5.26 Å². The van der Waals surface area contributed by atoms with Crippen molar-refractivity contribution in [2.24, 2.45) is 11.3 Å². The molecule has 1 atom stereocenters. The van der Waals surface area contributed by atoms with Crippen molar-refractivity contribution in [2.75, 3.05) is 26.3 Å². The lowest BCUT2D eigenvalue weighted by molar-refractivity contribution is -0.129. The maximum Gasteiger partial charge on any atom is 0.236 e. The molecule has 0 unspecified atom stereocenters. The van der Waals surface area contributed by atoms with E-state index in [0.717, 1.165) is 6.54 Å². The summed E-state index contributed by atoms with van der Waals surface area (Å²) < 4.78 is 5.44. The molecule has 16 heavy (non-hydrogen) atoms. The van der Waals surface area contributed by atoms with Crippen LogP contribution in [0.2, 0.25) is 0 Å².